The maximum absolute atomic E-state index is 10.2. The van der Waals surface area contributed by atoms with Gasteiger partial charge >= 0.3 is 0 Å². The molecule has 1 aromatic heterocycles. The van der Waals surface area contributed by atoms with Gasteiger partial charge in [0.05, 0.1) is 22.0 Å². The molecule has 0 radical (unpaired) electrons. The van der Waals surface area contributed by atoms with Gasteiger partial charge < -0.3 is 5.11 Å². The van der Waals surface area contributed by atoms with Crippen molar-refractivity contribution in [1.82, 2.24) is 9.78 Å². The average molecular weight is 317 g/mol. The Morgan fingerprint density at radius 2 is 2.00 bits per heavy atom. The van der Waals surface area contributed by atoms with Gasteiger partial charge in [-0.15, -0.1) is 0 Å². The quantitative estimate of drug-likeness (QED) is 0.835. The van der Waals surface area contributed by atoms with Gasteiger partial charge in [0.25, 0.3) is 0 Å². The fourth-order valence-electron chi connectivity index (χ4n) is 2.15. The minimum Gasteiger partial charge on any atom is -0.393 e. The van der Waals surface area contributed by atoms with Gasteiger partial charge in [0.15, 0.2) is 0 Å². The first-order valence-corrected chi connectivity index (χ1v) is 7.74. The van der Waals surface area contributed by atoms with Crippen molar-refractivity contribution in [3.63, 3.8) is 0 Å². The van der Waals surface area contributed by atoms with E-state index in [0.717, 1.165) is 41.7 Å². The molecule has 2 atom stereocenters. The molecule has 0 fully saturated rings. The number of aliphatic hydroxyl groups is 1. The first kappa shape index (κ1) is 15.7. The van der Waals surface area contributed by atoms with Gasteiger partial charge in [0, 0.05) is 13.0 Å². The number of hydrogen-bond acceptors (Lipinski definition) is 2. The van der Waals surface area contributed by atoms with Crippen LogP contribution in [0.2, 0.25) is 0 Å². The van der Waals surface area contributed by atoms with E-state index in [2.05, 4.69) is 48.7 Å². The summed E-state index contributed by atoms with van der Waals surface area (Å²) in [7, 11) is 0. The van der Waals surface area contributed by atoms with Crippen LogP contribution in [0.1, 0.15) is 51.9 Å². The molecular weight excluding hydrogens is 292 g/mol. The number of nitrogens with zero attached hydrogens (tertiary/aromatic N) is 2. The lowest BCUT2D eigenvalue weighted by atomic mass is 9.98. The third-order valence-electron chi connectivity index (χ3n) is 3.49. The predicted octanol–water partition coefficient (Wildman–Crippen LogP) is 3.57. The Labute approximate surface area is 119 Å². The van der Waals surface area contributed by atoms with Gasteiger partial charge in [-0.3, -0.25) is 4.68 Å². The Kier molecular flexibility index (Phi) is 6.36. The summed E-state index contributed by atoms with van der Waals surface area (Å²) < 4.78 is 3.08. The van der Waals surface area contributed by atoms with E-state index in [1.165, 1.54) is 0 Å². The van der Waals surface area contributed by atoms with Crippen LogP contribution in [0.4, 0.5) is 0 Å². The minimum absolute atomic E-state index is 0.275. The number of hydrogen-bond donors (Lipinski definition) is 1. The molecule has 0 aliphatic carbocycles. The third kappa shape index (κ3) is 3.82. The smallest absolute Gasteiger partial charge is 0.0766 e. The molecule has 0 saturated heterocycles. The summed E-state index contributed by atoms with van der Waals surface area (Å²) in [6.07, 6.45) is 3.31. The Morgan fingerprint density at radius 3 is 2.50 bits per heavy atom. The molecule has 3 nitrogen and oxygen atoms in total. The molecule has 2 unspecified atom stereocenters. The van der Waals surface area contributed by atoms with E-state index < -0.39 is 0 Å². The maximum atomic E-state index is 10.2. The number of halogens is 1. The van der Waals surface area contributed by atoms with Crippen molar-refractivity contribution in [3.05, 3.63) is 15.9 Å². The van der Waals surface area contributed by atoms with Crippen LogP contribution < -0.4 is 0 Å². The zero-order valence-corrected chi connectivity index (χ0v) is 13.5. The number of aliphatic hydroxyl groups excluding tert-OH is 1. The molecule has 4 heteroatoms. The predicted molar refractivity (Wildman–Crippen MR) is 78.8 cm³/mol. The number of aryl methyl sites for hydroxylation is 2. The second kappa shape index (κ2) is 7.29. The molecule has 0 aromatic carbocycles. The molecule has 0 aliphatic heterocycles. The largest absolute Gasteiger partial charge is 0.393 e. The molecule has 0 amide bonds. The van der Waals surface area contributed by atoms with Crippen LogP contribution in [-0.4, -0.2) is 21.0 Å². The Balaban J connectivity index is 2.79. The van der Waals surface area contributed by atoms with Crippen LogP contribution in [0.5, 0.6) is 0 Å². The highest BCUT2D eigenvalue weighted by Gasteiger charge is 2.18. The maximum Gasteiger partial charge on any atom is 0.0766 e. The van der Waals surface area contributed by atoms with Gasteiger partial charge in [0.1, 0.15) is 0 Å². The van der Waals surface area contributed by atoms with Crippen molar-refractivity contribution in [2.45, 2.75) is 66.0 Å². The molecule has 0 aliphatic rings. The van der Waals surface area contributed by atoms with Crippen molar-refractivity contribution in [2.75, 3.05) is 0 Å². The van der Waals surface area contributed by atoms with Crippen LogP contribution in [0.25, 0.3) is 0 Å². The van der Waals surface area contributed by atoms with Crippen LogP contribution in [0.3, 0.4) is 0 Å². The zero-order chi connectivity index (χ0) is 13.7. The summed E-state index contributed by atoms with van der Waals surface area (Å²) >= 11 is 3.62. The highest BCUT2D eigenvalue weighted by atomic mass is 79.9. The highest BCUT2D eigenvalue weighted by Crippen LogP contribution is 2.25. The first-order valence-electron chi connectivity index (χ1n) is 6.95. The highest BCUT2D eigenvalue weighted by molar-refractivity contribution is 9.10. The summed E-state index contributed by atoms with van der Waals surface area (Å²) in [6, 6.07) is 0. The van der Waals surface area contributed by atoms with E-state index in [9.17, 15) is 5.11 Å². The number of rotatable bonds is 7. The lowest BCUT2D eigenvalue weighted by Gasteiger charge is -2.15. The van der Waals surface area contributed by atoms with Gasteiger partial charge in [-0.05, 0) is 41.6 Å². The zero-order valence-electron chi connectivity index (χ0n) is 11.9. The molecule has 18 heavy (non-hydrogen) atoms. The van der Waals surface area contributed by atoms with Gasteiger partial charge in [0.2, 0.25) is 0 Å². The average Bonchev–Trinajstić information content (AvgIpc) is 2.66. The molecule has 1 heterocycles. The van der Waals surface area contributed by atoms with E-state index >= 15 is 0 Å². The van der Waals surface area contributed by atoms with Crippen molar-refractivity contribution in [1.29, 1.82) is 0 Å². The van der Waals surface area contributed by atoms with E-state index in [-0.39, 0.29) is 6.10 Å². The van der Waals surface area contributed by atoms with Gasteiger partial charge in [-0.25, -0.2) is 0 Å². The summed E-state index contributed by atoms with van der Waals surface area (Å²) in [6.45, 7) is 9.39. The molecule has 104 valence electrons. The van der Waals surface area contributed by atoms with Crippen molar-refractivity contribution < 1.29 is 5.11 Å². The molecule has 1 rings (SSSR count). The van der Waals surface area contributed by atoms with Crippen LogP contribution in [0, 0.1) is 5.92 Å². The van der Waals surface area contributed by atoms with Crippen LogP contribution >= 0.6 is 15.9 Å². The molecule has 1 N–H and O–H groups in total. The third-order valence-corrected chi connectivity index (χ3v) is 4.41. The second-order valence-corrected chi connectivity index (χ2v) is 5.78. The lowest BCUT2D eigenvalue weighted by molar-refractivity contribution is 0.142. The first-order chi connectivity index (χ1) is 8.53. The number of aromatic nitrogens is 2. The summed E-state index contributed by atoms with van der Waals surface area (Å²) in [4.78, 5) is 0. The van der Waals surface area contributed by atoms with E-state index in [0.29, 0.717) is 12.3 Å². The van der Waals surface area contributed by atoms with E-state index in [4.69, 9.17) is 0 Å². The summed E-state index contributed by atoms with van der Waals surface area (Å²) in [5, 5.41) is 14.7. The van der Waals surface area contributed by atoms with E-state index in [1.54, 1.807) is 0 Å². The van der Waals surface area contributed by atoms with Gasteiger partial charge in [-0.1, -0.05) is 27.2 Å². The topological polar surface area (TPSA) is 38.0 Å². The molecule has 1 aromatic rings. The fraction of sp³-hybridized carbons (Fsp3) is 0.786. The fourth-order valence-corrected chi connectivity index (χ4v) is 2.88. The summed E-state index contributed by atoms with van der Waals surface area (Å²) in [5.74, 6) is 0.572. The van der Waals surface area contributed by atoms with Crippen molar-refractivity contribution in [3.8, 4) is 0 Å². The molecule has 0 saturated carbocycles. The molecule has 0 spiro atoms. The van der Waals surface area contributed by atoms with Gasteiger partial charge in [-0.2, -0.15) is 5.10 Å². The standard InChI is InChI=1S/C14H25BrN2O/c1-5-10(4)8-11(18)9-13-14(15)12(6-2)16-17(13)7-3/h10-11,18H,5-9H2,1-4H3. The van der Waals surface area contributed by atoms with Crippen molar-refractivity contribution >= 4 is 15.9 Å². The molecular formula is C14H25BrN2O. The van der Waals surface area contributed by atoms with Crippen LogP contribution in [-0.2, 0) is 19.4 Å². The summed E-state index contributed by atoms with van der Waals surface area (Å²) in [5.41, 5.74) is 2.22. The van der Waals surface area contributed by atoms with Crippen molar-refractivity contribution in [2.24, 2.45) is 5.92 Å². The molecule has 0 bridgehead atoms. The monoisotopic (exact) mass is 316 g/mol. The normalized spacial score (nSPS) is 14.8. The minimum atomic E-state index is -0.275. The Bertz CT molecular complexity index is 376. The van der Waals surface area contributed by atoms with E-state index in [1.807, 2.05) is 4.68 Å². The SMILES string of the molecule is CCc1nn(CC)c(CC(O)CC(C)CC)c1Br. The lowest BCUT2D eigenvalue weighted by Crippen LogP contribution is -2.17. The Morgan fingerprint density at radius 1 is 1.33 bits per heavy atom. The Hall–Kier alpha value is -0.350. The second-order valence-electron chi connectivity index (χ2n) is 4.98. The van der Waals surface area contributed by atoms with Crippen LogP contribution in [0.15, 0.2) is 4.47 Å².